The average Bonchev–Trinajstić information content (AvgIpc) is 2.54. The standard InChI is InChI=1S/C13H14ClNO2.Na/c1-9-7-10-8-11(14)4-5-12(10)15(9)6-2-3-13(16)17;/h4-5,7-8H,2-3,6H2,1H3,(H,16,17);/q;+1/p-1. The van der Waals surface area contributed by atoms with Crippen LogP contribution in [0.1, 0.15) is 18.5 Å². The van der Waals surface area contributed by atoms with Crippen molar-refractivity contribution >= 4 is 28.5 Å². The summed E-state index contributed by atoms with van der Waals surface area (Å²) >= 11 is 5.93. The summed E-state index contributed by atoms with van der Waals surface area (Å²) in [6.45, 7) is 2.69. The summed E-state index contributed by atoms with van der Waals surface area (Å²) in [5.41, 5.74) is 2.20. The Morgan fingerprint density at radius 3 is 2.78 bits per heavy atom. The quantitative estimate of drug-likeness (QED) is 0.681. The molecule has 1 aromatic carbocycles. The maximum atomic E-state index is 10.4. The molecule has 3 nitrogen and oxygen atoms in total. The number of hydrogen-bond donors (Lipinski definition) is 0. The molecule has 0 unspecified atom stereocenters. The number of benzene rings is 1. The van der Waals surface area contributed by atoms with Gasteiger partial charge in [0.05, 0.1) is 0 Å². The number of halogens is 1. The summed E-state index contributed by atoms with van der Waals surface area (Å²) in [5, 5.41) is 12.2. The molecule has 0 N–H and O–H groups in total. The van der Waals surface area contributed by atoms with Gasteiger partial charge in [0, 0.05) is 34.1 Å². The van der Waals surface area contributed by atoms with E-state index in [1.165, 1.54) is 0 Å². The molecule has 18 heavy (non-hydrogen) atoms. The predicted octanol–water partition coefficient (Wildman–Crippen LogP) is -0.863. The summed E-state index contributed by atoms with van der Waals surface area (Å²) in [6.07, 6.45) is 0.669. The number of aliphatic carboxylic acids is 1. The summed E-state index contributed by atoms with van der Waals surface area (Å²) in [7, 11) is 0. The third-order valence-electron chi connectivity index (χ3n) is 2.83. The van der Waals surface area contributed by atoms with E-state index in [1.807, 2.05) is 25.1 Å². The molecule has 0 fully saturated rings. The van der Waals surface area contributed by atoms with Gasteiger partial charge in [-0.1, -0.05) is 11.6 Å². The zero-order valence-corrected chi connectivity index (χ0v) is 13.3. The molecule has 1 aromatic heterocycles. The van der Waals surface area contributed by atoms with Crippen molar-refractivity contribution in [1.82, 2.24) is 4.57 Å². The van der Waals surface area contributed by atoms with Gasteiger partial charge >= 0.3 is 29.6 Å². The number of carboxylic acid groups (broad SMARTS) is 1. The smallest absolute Gasteiger partial charge is 0.550 e. The number of aryl methyl sites for hydroxylation is 2. The van der Waals surface area contributed by atoms with E-state index in [-0.39, 0.29) is 36.0 Å². The molecule has 0 amide bonds. The fraction of sp³-hybridized carbons (Fsp3) is 0.308. The van der Waals surface area contributed by atoms with E-state index in [4.69, 9.17) is 11.6 Å². The maximum Gasteiger partial charge on any atom is 1.00 e. The van der Waals surface area contributed by atoms with Crippen LogP contribution in [0.15, 0.2) is 24.3 Å². The van der Waals surface area contributed by atoms with Crippen LogP contribution >= 0.6 is 11.6 Å². The Bertz CT molecular complexity index is 565. The van der Waals surface area contributed by atoms with Crippen LogP contribution in [0.3, 0.4) is 0 Å². The molecule has 0 bridgehead atoms. The Morgan fingerprint density at radius 2 is 2.11 bits per heavy atom. The molecule has 0 saturated heterocycles. The van der Waals surface area contributed by atoms with Gasteiger partial charge in [-0.3, -0.25) is 0 Å². The molecular formula is C13H13ClNNaO2. The summed E-state index contributed by atoms with van der Waals surface area (Å²) in [4.78, 5) is 10.4. The molecule has 0 spiro atoms. The van der Waals surface area contributed by atoms with Crippen molar-refractivity contribution in [2.75, 3.05) is 0 Å². The summed E-state index contributed by atoms with van der Waals surface area (Å²) in [6, 6.07) is 7.78. The topological polar surface area (TPSA) is 45.1 Å². The summed E-state index contributed by atoms with van der Waals surface area (Å²) < 4.78 is 2.11. The fourth-order valence-corrected chi connectivity index (χ4v) is 2.24. The third kappa shape index (κ3) is 3.51. The van der Waals surface area contributed by atoms with Crippen LogP contribution in [0.5, 0.6) is 0 Å². The van der Waals surface area contributed by atoms with Gasteiger partial charge < -0.3 is 14.5 Å². The molecular weight excluding hydrogens is 261 g/mol. The Hall–Kier alpha value is -0.480. The number of hydrogen-bond acceptors (Lipinski definition) is 2. The molecule has 0 atom stereocenters. The monoisotopic (exact) mass is 273 g/mol. The zero-order chi connectivity index (χ0) is 12.4. The van der Waals surface area contributed by atoms with Crippen LogP contribution in [-0.4, -0.2) is 10.5 Å². The first kappa shape index (κ1) is 15.6. The Morgan fingerprint density at radius 1 is 1.39 bits per heavy atom. The molecule has 0 aliphatic carbocycles. The average molecular weight is 274 g/mol. The van der Waals surface area contributed by atoms with Crippen LogP contribution < -0.4 is 34.7 Å². The van der Waals surface area contributed by atoms with E-state index < -0.39 is 5.97 Å². The van der Waals surface area contributed by atoms with Crippen molar-refractivity contribution in [2.45, 2.75) is 26.3 Å². The Kier molecular flexibility index (Phi) is 5.73. The van der Waals surface area contributed by atoms with E-state index in [9.17, 15) is 9.90 Å². The van der Waals surface area contributed by atoms with Crippen LogP contribution in [0.25, 0.3) is 10.9 Å². The van der Waals surface area contributed by atoms with Gasteiger partial charge in [0.1, 0.15) is 0 Å². The molecule has 0 saturated carbocycles. The van der Waals surface area contributed by atoms with E-state index in [2.05, 4.69) is 10.6 Å². The van der Waals surface area contributed by atoms with Crippen LogP contribution in [0.4, 0.5) is 0 Å². The third-order valence-corrected chi connectivity index (χ3v) is 3.07. The molecule has 0 aliphatic heterocycles. The van der Waals surface area contributed by atoms with E-state index in [0.29, 0.717) is 18.0 Å². The van der Waals surface area contributed by atoms with Gasteiger partial charge in [-0.2, -0.15) is 0 Å². The van der Waals surface area contributed by atoms with E-state index in [0.717, 1.165) is 16.6 Å². The minimum absolute atomic E-state index is 0. The van der Waals surface area contributed by atoms with E-state index in [1.54, 1.807) is 0 Å². The zero-order valence-electron chi connectivity index (χ0n) is 10.6. The van der Waals surface area contributed by atoms with Crippen molar-refractivity contribution in [1.29, 1.82) is 0 Å². The van der Waals surface area contributed by atoms with Gasteiger partial charge in [0.2, 0.25) is 0 Å². The van der Waals surface area contributed by atoms with Crippen molar-refractivity contribution in [2.24, 2.45) is 0 Å². The number of aromatic nitrogens is 1. The number of carboxylic acids is 1. The van der Waals surface area contributed by atoms with Gasteiger partial charge in [0.15, 0.2) is 0 Å². The van der Waals surface area contributed by atoms with Crippen LogP contribution in [-0.2, 0) is 11.3 Å². The SMILES string of the molecule is Cc1cc2cc(Cl)ccc2n1CCCC(=O)[O-].[Na+]. The van der Waals surface area contributed by atoms with Gasteiger partial charge in [0.25, 0.3) is 0 Å². The first-order valence-corrected chi connectivity index (χ1v) is 5.91. The molecule has 1 heterocycles. The molecule has 0 radical (unpaired) electrons. The first-order valence-electron chi connectivity index (χ1n) is 5.53. The van der Waals surface area contributed by atoms with E-state index >= 15 is 0 Å². The second kappa shape index (κ2) is 6.62. The minimum atomic E-state index is -0.998. The Labute approximate surface area is 133 Å². The number of rotatable bonds is 4. The summed E-state index contributed by atoms with van der Waals surface area (Å²) in [5.74, 6) is -0.998. The first-order chi connectivity index (χ1) is 8.08. The van der Waals surface area contributed by atoms with Crippen molar-refractivity contribution in [3.63, 3.8) is 0 Å². The minimum Gasteiger partial charge on any atom is -0.550 e. The normalized spacial score (nSPS) is 10.3. The van der Waals surface area contributed by atoms with Gasteiger partial charge in [-0.15, -0.1) is 0 Å². The van der Waals surface area contributed by atoms with Crippen LogP contribution in [0, 0.1) is 6.92 Å². The number of carbonyl (C=O) groups excluding carboxylic acids is 1. The van der Waals surface area contributed by atoms with Crippen molar-refractivity contribution in [3.8, 4) is 0 Å². The van der Waals surface area contributed by atoms with Gasteiger partial charge in [-0.25, -0.2) is 0 Å². The maximum absolute atomic E-state index is 10.4. The molecule has 2 rings (SSSR count). The largest absolute Gasteiger partial charge is 1.00 e. The number of nitrogens with zero attached hydrogens (tertiary/aromatic N) is 1. The second-order valence-corrected chi connectivity index (χ2v) is 4.55. The van der Waals surface area contributed by atoms with Crippen molar-refractivity contribution < 1.29 is 39.5 Å². The fourth-order valence-electron chi connectivity index (χ4n) is 2.06. The Balaban J connectivity index is 0.00000162. The number of fused-ring (bicyclic) bond motifs is 1. The second-order valence-electron chi connectivity index (χ2n) is 4.12. The van der Waals surface area contributed by atoms with Crippen LogP contribution in [0.2, 0.25) is 5.02 Å². The molecule has 90 valence electrons. The predicted molar refractivity (Wildman–Crippen MR) is 65.9 cm³/mol. The molecule has 5 heteroatoms. The molecule has 0 aliphatic rings. The van der Waals surface area contributed by atoms with Gasteiger partial charge in [-0.05, 0) is 44.0 Å². The van der Waals surface area contributed by atoms with Crippen molar-refractivity contribution in [3.05, 3.63) is 35.0 Å². The molecule has 2 aromatic rings. The number of carbonyl (C=O) groups is 1.